The molecule has 1 saturated carbocycles. The summed E-state index contributed by atoms with van der Waals surface area (Å²) in [6.07, 6.45) is 6.98. The zero-order valence-corrected chi connectivity index (χ0v) is 11.6. The number of aliphatic hydroxyl groups is 1. The van der Waals surface area contributed by atoms with Gasteiger partial charge in [0.1, 0.15) is 0 Å². The lowest BCUT2D eigenvalue weighted by molar-refractivity contribution is 0.0167. The molecule has 0 spiro atoms. The van der Waals surface area contributed by atoms with Gasteiger partial charge < -0.3 is 16.2 Å². The van der Waals surface area contributed by atoms with Gasteiger partial charge in [-0.2, -0.15) is 0 Å². The molecular formula is C16H21N3O. The smallest absolute Gasteiger partial charge is 0.0951 e. The number of nitrogens with one attached hydrogen (secondary N) is 1. The highest BCUT2D eigenvalue weighted by atomic mass is 16.3. The van der Waals surface area contributed by atoms with E-state index in [1.807, 2.05) is 24.3 Å². The van der Waals surface area contributed by atoms with E-state index in [0.29, 0.717) is 12.2 Å². The van der Waals surface area contributed by atoms with Crippen LogP contribution < -0.4 is 11.1 Å². The molecule has 0 unspecified atom stereocenters. The lowest BCUT2D eigenvalue weighted by atomic mass is 9.85. The van der Waals surface area contributed by atoms with Crippen LogP contribution in [0.25, 0.3) is 10.9 Å². The number of anilines is 2. The standard InChI is InChI=1S/C16H21N3O/c17-13-6-4-5-12-14(7-10-18-15(12)13)19-11-16(20)8-2-1-3-9-16/h4-7,10,20H,1-3,8-9,11,17H2,(H,18,19). The lowest BCUT2D eigenvalue weighted by Gasteiger charge is -2.32. The second-order valence-electron chi connectivity index (χ2n) is 5.74. The van der Waals surface area contributed by atoms with E-state index in [0.717, 1.165) is 42.3 Å². The molecule has 20 heavy (non-hydrogen) atoms. The van der Waals surface area contributed by atoms with Crippen molar-refractivity contribution in [2.75, 3.05) is 17.6 Å². The van der Waals surface area contributed by atoms with E-state index in [4.69, 9.17) is 5.73 Å². The van der Waals surface area contributed by atoms with E-state index in [1.54, 1.807) is 6.20 Å². The Bertz CT molecular complexity index is 606. The van der Waals surface area contributed by atoms with Gasteiger partial charge in [0, 0.05) is 23.8 Å². The van der Waals surface area contributed by atoms with Gasteiger partial charge in [-0.3, -0.25) is 4.98 Å². The van der Waals surface area contributed by atoms with Crippen LogP contribution in [0.3, 0.4) is 0 Å². The van der Waals surface area contributed by atoms with Gasteiger partial charge in [-0.15, -0.1) is 0 Å². The average molecular weight is 271 g/mol. The quantitative estimate of drug-likeness (QED) is 0.751. The third-order valence-corrected chi connectivity index (χ3v) is 4.19. The molecule has 2 aromatic rings. The van der Waals surface area contributed by atoms with Crippen molar-refractivity contribution in [1.82, 2.24) is 4.98 Å². The average Bonchev–Trinajstić information content (AvgIpc) is 2.47. The highest BCUT2D eigenvalue weighted by Gasteiger charge is 2.28. The first kappa shape index (κ1) is 13.2. The maximum Gasteiger partial charge on any atom is 0.0951 e. The minimum absolute atomic E-state index is 0.575. The van der Waals surface area contributed by atoms with E-state index in [1.165, 1.54) is 6.42 Å². The molecule has 4 N–H and O–H groups in total. The van der Waals surface area contributed by atoms with Gasteiger partial charge in [0.2, 0.25) is 0 Å². The Kier molecular flexibility index (Phi) is 3.49. The zero-order chi connectivity index (χ0) is 14.0. The maximum absolute atomic E-state index is 10.6. The molecule has 1 aliphatic rings. The van der Waals surface area contributed by atoms with Crippen molar-refractivity contribution >= 4 is 22.3 Å². The van der Waals surface area contributed by atoms with Gasteiger partial charge in [-0.05, 0) is 25.0 Å². The van der Waals surface area contributed by atoms with E-state index >= 15 is 0 Å². The first-order valence-corrected chi connectivity index (χ1v) is 7.27. The number of nitrogens with two attached hydrogens (primary N) is 1. The van der Waals surface area contributed by atoms with Crippen molar-refractivity contribution < 1.29 is 5.11 Å². The molecule has 4 heteroatoms. The van der Waals surface area contributed by atoms with Gasteiger partial charge >= 0.3 is 0 Å². The summed E-state index contributed by atoms with van der Waals surface area (Å²) in [5.74, 6) is 0. The predicted molar refractivity (Wildman–Crippen MR) is 82.7 cm³/mol. The van der Waals surface area contributed by atoms with Crippen LogP contribution in [0.4, 0.5) is 11.4 Å². The molecule has 0 aliphatic heterocycles. The van der Waals surface area contributed by atoms with Crippen LogP contribution in [0.5, 0.6) is 0 Å². The van der Waals surface area contributed by atoms with Gasteiger partial charge in [0.05, 0.1) is 16.8 Å². The van der Waals surface area contributed by atoms with E-state index in [9.17, 15) is 5.11 Å². The molecule has 1 heterocycles. The van der Waals surface area contributed by atoms with Crippen molar-refractivity contribution in [3.8, 4) is 0 Å². The summed E-state index contributed by atoms with van der Waals surface area (Å²) in [5, 5.41) is 14.9. The normalized spacial score (nSPS) is 18.1. The molecule has 1 fully saturated rings. The Balaban J connectivity index is 1.82. The van der Waals surface area contributed by atoms with Crippen LogP contribution in [0.15, 0.2) is 30.5 Å². The number of fused-ring (bicyclic) bond motifs is 1. The fourth-order valence-corrected chi connectivity index (χ4v) is 3.00. The van der Waals surface area contributed by atoms with Gasteiger partial charge in [0.25, 0.3) is 0 Å². The first-order valence-electron chi connectivity index (χ1n) is 7.27. The van der Waals surface area contributed by atoms with E-state index < -0.39 is 5.60 Å². The predicted octanol–water partition coefficient (Wildman–Crippen LogP) is 2.92. The monoisotopic (exact) mass is 271 g/mol. The van der Waals surface area contributed by atoms with Gasteiger partial charge in [-0.1, -0.05) is 31.4 Å². The highest BCUT2D eigenvalue weighted by Crippen LogP contribution is 2.30. The van der Waals surface area contributed by atoms with E-state index in [-0.39, 0.29) is 0 Å². The molecule has 0 saturated heterocycles. The number of pyridine rings is 1. The molecule has 1 aromatic heterocycles. The van der Waals surface area contributed by atoms with Crippen molar-refractivity contribution in [3.63, 3.8) is 0 Å². The molecule has 1 aromatic carbocycles. The molecular weight excluding hydrogens is 250 g/mol. The van der Waals surface area contributed by atoms with Crippen molar-refractivity contribution in [2.45, 2.75) is 37.7 Å². The van der Waals surface area contributed by atoms with Crippen LogP contribution in [-0.2, 0) is 0 Å². The van der Waals surface area contributed by atoms with Crippen molar-refractivity contribution in [1.29, 1.82) is 0 Å². The SMILES string of the molecule is Nc1cccc2c(NCC3(O)CCCCC3)ccnc12. The van der Waals surface area contributed by atoms with Crippen LogP contribution in [-0.4, -0.2) is 22.2 Å². The second-order valence-corrected chi connectivity index (χ2v) is 5.74. The Hall–Kier alpha value is -1.81. The number of rotatable bonds is 3. The fourth-order valence-electron chi connectivity index (χ4n) is 3.00. The summed E-state index contributed by atoms with van der Waals surface area (Å²) in [5.41, 5.74) is 7.86. The third kappa shape index (κ3) is 2.56. The minimum atomic E-state index is -0.575. The zero-order valence-electron chi connectivity index (χ0n) is 11.6. The number of nitrogens with zero attached hydrogens (tertiary/aromatic N) is 1. The topological polar surface area (TPSA) is 71.2 Å². The Labute approximate surface area is 119 Å². The molecule has 4 nitrogen and oxygen atoms in total. The summed E-state index contributed by atoms with van der Waals surface area (Å²) in [4.78, 5) is 4.33. The number of aromatic nitrogens is 1. The minimum Gasteiger partial charge on any atom is -0.397 e. The molecule has 0 amide bonds. The Morgan fingerprint density at radius 1 is 1.20 bits per heavy atom. The summed E-state index contributed by atoms with van der Waals surface area (Å²) in [6, 6.07) is 7.73. The maximum atomic E-state index is 10.6. The number of hydrogen-bond donors (Lipinski definition) is 3. The number of para-hydroxylation sites is 1. The number of benzene rings is 1. The molecule has 0 radical (unpaired) electrons. The molecule has 3 rings (SSSR count). The van der Waals surface area contributed by atoms with Crippen LogP contribution in [0, 0.1) is 0 Å². The second kappa shape index (κ2) is 5.29. The van der Waals surface area contributed by atoms with E-state index in [2.05, 4.69) is 10.3 Å². The molecule has 1 aliphatic carbocycles. The summed E-state index contributed by atoms with van der Waals surface area (Å²) in [6.45, 7) is 0.584. The molecule has 106 valence electrons. The van der Waals surface area contributed by atoms with Crippen LogP contribution in [0.1, 0.15) is 32.1 Å². The van der Waals surface area contributed by atoms with Gasteiger partial charge in [-0.25, -0.2) is 0 Å². The number of nitrogen functional groups attached to an aromatic ring is 1. The molecule has 0 atom stereocenters. The fraction of sp³-hybridized carbons (Fsp3) is 0.438. The lowest BCUT2D eigenvalue weighted by Crippen LogP contribution is -2.38. The number of hydrogen-bond acceptors (Lipinski definition) is 4. The molecule has 0 bridgehead atoms. The Morgan fingerprint density at radius 2 is 2.00 bits per heavy atom. The van der Waals surface area contributed by atoms with Crippen LogP contribution >= 0.6 is 0 Å². The van der Waals surface area contributed by atoms with Crippen LogP contribution in [0.2, 0.25) is 0 Å². The summed E-state index contributed by atoms with van der Waals surface area (Å²) >= 11 is 0. The first-order chi connectivity index (χ1) is 9.68. The largest absolute Gasteiger partial charge is 0.397 e. The van der Waals surface area contributed by atoms with Crippen molar-refractivity contribution in [2.24, 2.45) is 0 Å². The van der Waals surface area contributed by atoms with Crippen molar-refractivity contribution in [3.05, 3.63) is 30.5 Å². The third-order valence-electron chi connectivity index (χ3n) is 4.19. The summed E-state index contributed by atoms with van der Waals surface area (Å²) in [7, 11) is 0. The summed E-state index contributed by atoms with van der Waals surface area (Å²) < 4.78 is 0. The Morgan fingerprint density at radius 3 is 2.80 bits per heavy atom. The van der Waals surface area contributed by atoms with Gasteiger partial charge in [0.15, 0.2) is 0 Å². The highest BCUT2D eigenvalue weighted by molar-refractivity contribution is 5.97.